The van der Waals surface area contributed by atoms with Crippen molar-refractivity contribution in [3.63, 3.8) is 0 Å². The molecule has 1 aliphatic rings. The van der Waals surface area contributed by atoms with E-state index in [-0.39, 0.29) is 16.5 Å². The number of rotatable bonds is 2. The highest BCUT2D eigenvalue weighted by Gasteiger charge is 2.19. The lowest BCUT2D eigenvalue weighted by Crippen LogP contribution is -2.35. The number of carbonyl (C=O) groups excluding carboxylic acids is 3. The Morgan fingerprint density at radius 1 is 1.08 bits per heavy atom. The lowest BCUT2D eigenvalue weighted by molar-refractivity contribution is -0.116. The molecule has 0 radical (unpaired) electrons. The molecule has 0 bridgehead atoms. The third-order valence-electron chi connectivity index (χ3n) is 3.70. The van der Waals surface area contributed by atoms with Gasteiger partial charge in [0.2, 0.25) is 5.91 Å². The van der Waals surface area contributed by atoms with E-state index in [1.165, 1.54) is 18.2 Å². The Balaban J connectivity index is 1.72. The summed E-state index contributed by atoms with van der Waals surface area (Å²) in [7, 11) is 0. The normalized spacial score (nSPS) is 12.8. The van der Waals surface area contributed by atoms with Gasteiger partial charge in [-0.25, -0.2) is 4.79 Å². The van der Waals surface area contributed by atoms with Crippen LogP contribution in [0, 0.1) is 0 Å². The summed E-state index contributed by atoms with van der Waals surface area (Å²) >= 11 is 11.7. The lowest BCUT2D eigenvalue weighted by Gasteiger charge is -2.20. The van der Waals surface area contributed by atoms with Gasteiger partial charge in [0.25, 0.3) is 5.91 Å². The molecule has 3 rings (SSSR count). The molecule has 0 aliphatic carbocycles. The predicted octanol–water partition coefficient (Wildman–Crippen LogP) is 3.84. The molecule has 0 aromatic heterocycles. The Bertz CT molecular complexity index is 883. The van der Waals surface area contributed by atoms with Gasteiger partial charge in [0, 0.05) is 22.8 Å². The summed E-state index contributed by atoms with van der Waals surface area (Å²) in [6.07, 6.45) is 0.848. The summed E-state index contributed by atoms with van der Waals surface area (Å²) in [6, 6.07) is 8.85. The fraction of sp³-hybridized carbons (Fsp3) is 0.118. The van der Waals surface area contributed by atoms with Gasteiger partial charge in [-0.2, -0.15) is 0 Å². The van der Waals surface area contributed by atoms with E-state index in [4.69, 9.17) is 23.2 Å². The number of urea groups is 1. The maximum absolute atomic E-state index is 12.2. The minimum Gasteiger partial charge on any atom is -0.326 e. The number of imide groups is 1. The average Bonchev–Trinajstić information content (AvgIpc) is 2.54. The molecule has 0 unspecified atom stereocenters. The van der Waals surface area contributed by atoms with E-state index in [1.807, 2.05) is 0 Å². The number of benzene rings is 2. The Morgan fingerprint density at radius 2 is 1.88 bits per heavy atom. The Kier molecular flexibility index (Phi) is 4.92. The minimum atomic E-state index is -0.693. The van der Waals surface area contributed by atoms with Crippen LogP contribution in [0.25, 0.3) is 0 Å². The van der Waals surface area contributed by atoms with Gasteiger partial charge in [-0.15, -0.1) is 0 Å². The van der Waals surface area contributed by atoms with Crippen LogP contribution in [0.15, 0.2) is 36.4 Å². The van der Waals surface area contributed by atoms with Crippen LogP contribution in [-0.2, 0) is 11.2 Å². The fourth-order valence-corrected chi connectivity index (χ4v) is 3.03. The molecule has 2 aromatic rings. The van der Waals surface area contributed by atoms with E-state index in [0.717, 1.165) is 5.56 Å². The molecule has 0 spiro atoms. The van der Waals surface area contributed by atoms with E-state index in [9.17, 15) is 14.4 Å². The first-order valence-electron chi connectivity index (χ1n) is 7.43. The quantitative estimate of drug-likeness (QED) is 0.742. The molecule has 8 heteroatoms. The Labute approximate surface area is 153 Å². The van der Waals surface area contributed by atoms with Crippen molar-refractivity contribution >= 4 is 52.4 Å². The van der Waals surface area contributed by atoms with E-state index >= 15 is 0 Å². The topological polar surface area (TPSA) is 87.3 Å². The van der Waals surface area contributed by atoms with E-state index in [0.29, 0.717) is 29.2 Å². The SMILES string of the molecule is O=C1CCc2c(cccc2NC(=O)NC(=O)c2ccc(Cl)cc2Cl)N1. The van der Waals surface area contributed by atoms with E-state index in [1.54, 1.807) is 18.2 Å². The second-order valence-corrected chi connectivity index (χ2v) is 6.26. The van der Waals surface area contributed by atoms with Crippen molar-refractivity contribution in [2.45, 2.75) is 12.8 Å². The molecule has 1 aliphatic heterocycles. The standard InChI is InChI=1S/C17H13Cl2N3O3/c18-9-4-5-10(12(19)8-9)16(24)22-17(25)21-14-3-1-2-13-11(14)6-7-15(23)20-13/h1-5,8H,6-7H2,(H,20,23)(H2,21,22,24,25). The van der Waals surface area contributed by atoms with Crippen molar-refractivity contribution in [3.8, 4) is 0 Å². The van der Waals surface area contributed by atoms with Crippen molar-refractivity contribution in [1.82, 2.24) is 5.32 Å². The van der Waals surface area contributed by atoms with Crippen LogP contribution in [-0.4, -0.2) is 17.8 Å². The predicted molar refractivity (Wildman–Crippen MR) is 96.3 cm³/mol. The second kappa shape index (κ2) is 7.13. The Morgan fingerprint density at radius 3 is 2.64 bits per heavy atom. The third kappa shape index (κ3) is 3.92. The lowest BCUT2D eigenvalue weighted by atomic mass is 10.0. The molecule has 0 atom stereocenters. The van der Waals surface area contributed by atoms with Crippen molar-refractivity contribution in [2.75, 3.05) is 10.6 Å². The van der Waals surface area contributed by atoms with E-state index in [2.05, 4.69) is 16.0 Å². The third-order valence-corrected chi connectivity index (χ3v) is 4.25. The molecule has 1 heterocycles. The molecule has 4 amide bonds. The zero-order chi connectivity index (χ0) is 18.0. The summed E-state index contributed by atoms with van der Waals surface area (Å²) in [4.78, 5) is 35.7. The molecular weight excluding hydrogens is 365 g/mol. The number of nitrogens with one attached hydrogen (secondary N) is 3. The van der Waals surface area contributed by atoms with Crippen LogP contribution in [0.4, 0.5) is 16.2 Å². The smallest absolute Gasteiger partial charge is 0.326 e. The number of anilines is 2. The summed E-state index contributed by atoms with van der Waals surface area (Å²) in [5.41, 5.74) is 2.14. The van der Waals surface area contributed by atoms with Gasteiger partial charge < -0.3 is 10.6 Å². The summed E-state index contributed by atoms with van der Waals surface area (Å²) < 4.78 is 0. The molecule has 25 heavy (non-hydrogen) atoms. The number of amides is 4. The van der Waals surface area contributed by atoms with E-state index < -0.39 is 11.9 Å². The second-order valence-electron chi connectivity index (χ2n) is 5.41. The first-order valence-corrected chi connectivity index (χ1v) is 8.19. The van der Waals surface area contributed by atoms with Gasteiger partial charge in [0.1, 0.15) is 0 Å². The van der Waals surface area contributed by atoms with Gasteiger partial charge in [0.15, 0.2) is 0 Å². The number of hydrogen-bond acceptors (Lipinski definition) is 3. The summed E-state index contributed by atoms with van der Waals surface area (Å²) in [6.45, 7) is 0. The monoisotopic (exact) mass is 377 g/mol. The zero-order valence-electron chi connectivity index (χ0n) is 12.9. The Hall–Kier alpha value is -2.57. The number of fused-ring (bicyclic) bond motifs is 1. The highest BCUT2D eigenvalue weighted by atomic mass is 35.5. The van der Waals surface area contributed by atoms with Gasteiger partial charge in [0.05, 0.1) is 10.6 Å². The van der Waals surface area contributed by atoms with Crippen LogP contribution < -0.4 is 16.0 Å². The van der Waals surface area contributed by atoms with Crippen molar-refractivity contribution < 1.29 is 14.4 Å². The molecule has 0 saturated heterocycles. The highest BCUT2D eigenvalue weighted by Crippen LogP contribution is 2.29. The maximum Gasteiger partial charge on any atom is 0.326 e. The molecule has 0 saturated carbocycles. The molecule has 2 aromatic carbocycles. The summed E-state index contributed by atoms with van der Waals surface area (Å²) in [5.74, 6) is -0.709. The van der Waals surface area contributed by atoms with Crippen molar-refractivity contribution in [3.05, 3.63) is 57.6 Å². The first kappa shape index (κ1) is 17.3. The molecule has 6 nitrogen and oxygen atoms in total. The number of halogens is 2. The fourth-order valence-electron chi connectivity index (χ4n) is 2.54. The van der Waals surface area contributed by atoms with Crippen molar-refractivity contribution in [1.29, 1.82) is 0 Å². The van der Waals surface area contributed by atoms with Crippen LogP contribution in [0.2, 0.25) is 10.0 Å². The minimum absolute atomic E-state index is 0.0679. The van der Waals surface area contributed by atoms with Crippen LogP contribution >= 0.6 is 23.2 Å². The maximum atomic E-state index is 12.2. The largest absolute Gasteiger partial charge is 0.326 e. The van der Waals surface area contributed by atoms with Crippen molar-refractivity contribution in [2.24, 2.45) is 0 Å². The molecular formula is C17H13Cl2N3O3. The zero-order valence-corrected chi connectivity index (χ0v) is 14.4. The van der Waals surface area contributed by atoms with Crippen LogP contribution in [0.3, 0.4) is 0 Å². The van der Waals surface area contributed by atoms with Gasteiger partial charge in [-0.3, -0.25) is 14.9 Å². The molecule has 128 valence electrons. The highest BCUT2D eigenvalue weighted by molar-refractivity contribution is 6.37. The van der Waals surface area contributed by atoms with Gasteiger partial charge >= 0.3 is 6.03 Å². The van der Waals surface area contributed by atoms with Gasteiger partial charge in [-0.05, 0) is 42.3 Å². The number of carbonyl (C=O) groups is 3. The van der Waals surface area contributed by atoms with Crippen LogP contribution in [0.1, 0.15) is 22.3 Å². The molecule has 0 fully saturated rings. The molecule has 3 N–H and O–H groups in total. The number of hydrogen-bond donors (Lipinski definition) is 3. The summed E-state index contributed by atoms with van der Waals surface area (Å²) in [5, 5.41) is 8.13. The van der Waals surface area contributed by atoms with Crippen LogP contribution in [0.5, 0.6) is 0 Å². The first-order chi connectivity index (χ1) is 11.9. The average molecular weight is 378 g/mol. The van der Waals surface area contributed by atoms with Gasteiger partial charge in [-0.1, -0.05) is 29.3 Å².